The molecule has 0 saturated heterocycles. The first kappa shape index (κ1) is 15.7. The Labute approximate surface area is 130 Å². The minimum absolute atomic E-state index is 0.0522. The van der Waals surface area contributed by atoms with Crippen LogP contribution in [0.5, 0.6) is 0 Å². The van der Waals surface area contributed by atoms with E-state index in [1.165, 1.54) is 24.3 Å². The van der Waals surface area contributed by atoms with Gasteiger partial charge >= 0.3 is 0 Å². The van der Waals surface area contributed by atoms with E-state index in [2.05, 4.69) is 21.2 Å². The zero-order valence-corrected chi connectivity index (χ0v) is 13.1. The van der Waals surface area contributed by atoms with Crippen molar-refractivity contribution in [3.63, 3.8) is 0 Å². The first-order chi connectivity index (χ1) is 9.88. The SMILES string of the molecule is O=C(CS(=O)(=O)c1ccccc1)Nc1ccc(Br)cc1F. The summed E-state index contributed by atoms with van der Waals surface area (Å²) in [5, 5.41) is 2.25. The lowest BCUT2D eigenvalue weighted by Crippen LogP contribution is -2.23. The fourth-order valence-corrected chi connectivity index (χ4v) is 3.15. The monoisotopic (exact) mass is 371 g/mol. The van der Waals surface area contributed by atoms with Gasteiger partial charge in [0.05, 0.1) is 10.6 Å². The molecule has 2 aromatic rings. The summed E-state index contributed by atoms with van der Waals surface area (Å²) in [6.07, 6.45) is 0. The van der Waals surface area contributed by atoms with E-state index in [9.17, 15) is 17.6 Å². The number of sulfone groups is 1. The Hall–Kier alpha value is -1.73. The highest BCUT2D eigenvalue weighted by Crippen LogP contribution is 2.19. The molecular formula is C14H11BrFNO3S. The Morgan fingerprint density at radius 1 is 1.14 bits per heavy atom. The van der Waals surface area contributed by atoms with Crippen molar-refractivity contribution in [1.29, 1.82) is 0 Å². The van der Waals surface area contributed by atoms with E-state index < -0.39 is 27.3 Å². The van der Waals surface area contributed by atoms with Crippen LogP contribution in [0.15, 0.2) is 57.9 Å². The summed E-state index contributed by atoms with van der Waals surface area (Å²) in [5.74, 6) is -2.18. The lowest BCUT2D eigenvalue weighted by atomic mass is 10.3. The highest BCUT2D eigenvalue weighted by Gasteiger charge is 2.19. The molecule has 21 heavy (non-hydrogen) atoms. The summed E-state index contributed by atoms with van der Waals surface area (Å²) in [5.41, 5.74) is -0.0635. The molecule has 1 amide bonds. The number of nitrogens with one attached hydrogen (secondary N) is 1. The van der Waals surface area contributed by atoms with Gasteiger partial charge in [0.2, 0.25) is 5.91 Å². The molecule has 4 nitrogen and oxygen atoms in total. The minimum atomic E-state index is -3.74. The van der Waals surface area contributed by atoms with Crippen LogP contribution in [0.25, 0.3) is 0 Å². The number of hydrogen-bond donors (Lipinski definition) is 1. The lowest BCUT2D eigenvalue weighted by Gasteiger charge is -2.07. The van der Waals surface area contributed by atoms with Crippen LogP contribution in [0.3, 0.4) is 0 Å². The van der Waals surface area contributed by atoms with Crippen LogP contribution in [-0.4, -0.2) is 20.1 Å². The van der Waals surface area contributed by atoms with Gasteiger partial charge in [-0.1, -0.05) is 34.1 Å². The van der Waals surface area contributed by atoms with E-state index in [1.807, 2.05) is 0 Å². The van der Waals surface area contributed by atoms with Gasteiger partial charge in [-0.15, -0.1) is 0 Å². The molecule has 110 valence electrons. The predicted molar refractivity (Wildman–Crippen MR) is 81.2 cm³/mol. The molecule has 0 aromatic heterocycles. The van der Waals surface area contributed by atoms with Crippen molar-refractivity contribution in [2.75, 3.05) is 11.1 Å². The average Bonchev–Trinajstić information content (AvgIpc) is 2.42. The molecule has 0 atom stereocenters. The van der Waals surface area contributed by atoms with E-state index in [1.54, 1.807) is 24.3 Å². The van der Waals surface area contributed by atoms with Gasteiger partial charge in [0.15, 0.2) is 9.84 Å². The molecule has 0 radical (unpaired) electrons. The van der Waals surface area contributed by atoms with Crippen LogP contribution in [-0.2, 0) is 14.6 Å². The Morgan fingerprint density at radius 3 is 2.43 bits per heavy atom. The number of halogens is 2. The van der Waals surface area contributed by atoms with Crippen molar-refractivity contribution >= 4 is 37.4 Å². The molecule has 0 spiro atoms. The van der Waals surface area contributed by atoms with Crippen molar-refractivity contribution in [3.05, 3.63) is 58.8 Å². The minimum Gasteiger partial charge on any atom is -0.323 e. The van der Waals surface area contributed by atoms with Crippen molar-refractivity contribution in [2.24, 2.45) is 0 Å². The highest BCUT2D eigenvalue weighted by atomic mass is 79.9. The fourth-order valence-electron chi connectivity index (χ4n) is 1.66. The van der Waals surface area contributed by atoms with E-state index in [0.29, 0.717) is 4.47 Å². The highest BCUT2D eigenvalue weighted by molar-refractivity contribution is 9.10. The van der Waals surface area contributed by atoms with Crippen LogP contribution < -0.4 is 5.32 Å². The van der Waals surface area contributed by atoms with E-state index in [4.69, 9.17) is 0 Å². The molecule has 2 aromatic carbocycles. The van der Waals surface area contributed by atoms with Crippen LogP contribution >= 0.6 is 15.9 Å². The third kappa shape index (κ3) is 4.12. The first-order valence-electron chi connectivity index (χ1n) is 5.91. The van der Waals surface area contributed by atoms with Gasteiger partial charge in [0.1, 0.15) is 11.6 Å². The normalized spacial score (nSPS) is 11.1. The van der Waals surface area contributed by atoms with Gasteiger partial charge < -0.3 is 5.32 Å². The molecule has 0 heterocycles. The average molecular weight is 372 g/mol. The van der Waals surface area contributed by atoms with Gasteiger partial charge in [0.25, 0.3) is 0 Å². The summed E-state index contributed by atoms with van der Waals surface area (Å²) in [7, 11) is -3.74. The molecule has 0 aliphatic rings. The second-order valence-corrected chi connectivity index (χ2v) is 7.15. The Kier molecular flexibility index (Phi) is 4.74. The second-order valence-electron chi connectivity index (χ2n) is 4.24. The lowest BCUT2D eigenvalue weighted by molar-refractivity contribution is -0.113. The van der Waals surface area contributed by atoms with Gasteiger partial charge in [-0.2, -0.15) is 0 Å². The molecule has 7 heteroatoms. The Bertz CT molecular complexity index is 763. The summed E-state index contributed by atoms with van der Waals surface area (Å²) >= 11 is 3.09. The van der Waals surface area contributed by atoms with Crippen LogP contribution in [0.2, 0.25) is 0 Å². The number of benzene rings is 2. The summed E-state index contributed by atoms with van der Waals surface area (Å²) in [6, 6.07) is 11.7. The fraction of sp³-hybridized carbons (Fsp3) is 0.0714. The zero-order chi connectivity index (χ0) is 15.5. The molecule has 1 N–H and O–H groups in total. The summed E-state index contributed by atoms with van der Waals surface area (Å²) in [6.45, 7) is 0. The maximum absolute atomic E-state index is 13.6. The number of carbonyl (C=O) groups is 1. The standard InChI is InChI=1S/C14H11BrFNO3S/c15-10-6-7-13(12(16)8-10)17-14(18)9-21(19,20)11-4-2-1-3-5-11/h1-8H,9H2,(H,17,18). The topological polar surface area (TPSA) is 63.2 Å². The molecular weight excluding hydrogens is 361 g/mol. The van der Waals surface area contributed by atoms with Crippen molar-refractivity contribution in [3.8, 4) is 0 Å². The van der Waals surface area contributed by atoms with Crippen LogP contribution in [0.4, 0.5) is 10.1 Å². The molecule has 0 unspecified atom stereocenters. The molecule has 0 saturated carbocycles. The molecule has 0 aliphatic heterocycles. The zero-order valence-electron chi connectivity index (χ0n) is 10.7. The van der Waals surface area contributed by atoms with Gasteiger partial charge in [-0.3, -0.25) is 4.79 Å². The number of rotatable bonds is 4. The maximum Gasteiger partial charge on any atom is 0.240 e. The molecule has 2 rings (SSSR count). The van der Waals surface area contributed by atoms with Crippen molar-refractivity contribution in [2.45, 2.75) is 4.90 Å². The quantitative estimate of drug-likeness (QED) is 0.898. The molecule has 0 fully saturated rings. The van der Waals surface area contributed by atoms with Gasteiger partial charge in [0, 0.05) is 4.47 Å². The van der Waals surface area contributed by atoms with Gasteiger partial charge in [-0.25, -0.2) is 12.8 Å². The van der Waals surface area contributed by atoms with Gasteiger partial charge in [-0.05, 0) is 30.3 Å². The number of hydrogen-bond acceptors (Lipinski definition) is 3. The molecule has 0 bridgehead atoms. The maximum atomic E-state index is 13.6. The number of amides is 1. The van der Waals surface area contributed by atoms with E-state index in [-0.39, 0.29) is 10.6 Å². The van der Waals surface area contributed by atoms with E-state index in [0.717, 1.165) is 0 Å². The van der Waals surface area contributed by atoms with Crippen molar-refractivity contribution < 1.29 is 17.6 Å². The van der Waals surface area contributed by atoms with Crippen LogP contribution in [0.1, 0.15) is 0 Å². The smallest absolute Gasteiger partial charge is 0.240 e. The largest absolute Gasteiger partial charge is 0.323 e. The predicted octanol–water partition coefficient (Wildman–Crippen LogP) is 3.00. The summed E-state index contributed by atoms with van der Waals surface area (Å²) < 4.78 is 38.1. The molecule has 0 aliphatic carbocycles. The number of anilines is 1. The van der Waals surface area contributed by atoms with E-state index >= 15 is 0 Å². The number of carbonyl (C=O) groups excluding carboxylic acids is 1. The van der Waals surface area contributed by atoms with Crippen LogP contribution in [0, 0.1) is 5.82 Å². The third-order valence-electron chi connectivity index (χ3n) is 2.63. The Morgan fingerprint density at radius 2 is 1.81 bits per heavy atom. The first-order valence-corrected chi connectivity index (χ1v) is 8.36. The Balaban J connectivity index is 2.12. The summed E-state index contributed by atoms with van der Waals surface area (Å²) in [4.78, 5) is 11.8. The third-order valence-corrected chi connectivity index (χ3v) is 4.75. The second kappa shape index (κ2) is 6.36. The van der Waals surface area contributed by atoms with Crippen molar-refractivity contribution in [1.82, 2.24) is 0 Å².